The topological polar surface area (TPSA) is 64.6 Å². The quantitative estimate of drug-likeness (QED) is 0.779. The highest BCUT2D eigenvalue weighted by Crippen LogP contribution is 2.20. The molecule has 0 radical (unpaired) electrons. The van der Waals surface area contributed by atoms with Gasteiger partial charge in [-0.3, -0.25) is 9.59 Å². The number of ether oxygens (including phenoxy) is 2. The van der Waals surface area contributed by atoms with Crippen molar-refractivity contribution in [3.05, 3.63) is 29.8 Å². The van der Waals surface area contributed by atoms with Gasteiger partial charge in [-0.25, -0.2) is 0 Å². The van der Waals surface area contributed by atoms with Crippen molar-refractivity contribution in [1.29, 1.82) is 0 Å². The third kappa shape index (κ3) is 4.77. The number of benzene rings is 1. The fourth-order valence-electron chi connectivity index (χ4n) is 2.00. The van der Waals surface area contributed by atoms with Crippen molar-refractivity contribution in [1.82, 2.24) is 5.32 Å². The summed E-state index contributed by atoms with van der Waals surface area (Å²) in [5, 5.41) is 2.81. The standard InChI is InChI=1S/C16H21NO4/c1-11(16(19)17-13-8-9-13)21-15(18)10-7-12-5-3-4-6-14(12)20-2/h3-6,11,13H,7-10H2,1-2H3,(H,17,19)/t11-/m1/s1. The van der Waals surface area contributed by atoms with Gasteiger partial charge in [0.25, 0.3) is 5.91 Å². The van der Waals surface area contributed by atoms with E-state index in [1.54, 1.807) is 14.0 Å². The van der Waals surface area contributed by atoms with Crippen molar-refractivity contribution in [3.8, 4) is 5.75 Å². The molecule has 114 valence electrons. The molecule has 1 N–H and O–H groups in total. The van der Waals surface area contributed by atoms with Gasteiger partial charge >= 0.3 is 5.97 Å². The van der Waals surface area contributed by atoms with E-state index in [9.17, 15) is 9.59 Å². The second-order valence-electron chi connectivity index (χ2n) is 5.23. The molecule has 1 aromatic rings. The number of carbonyl (C=O) groups excluding carboxylic acids is 2. The van der Waals surface area contributed by atoms with E-state index in [1.807, 2.05) is 24.3 Å². The Morgan fingerprint density at radius 1 is 1.33 bits per heavy atom. The van der Waals surface area contributed by atoms with Gasteiger partial charge in [0.05, 0.1) is 7.11 Å². The zero-order valence-corrected chi connectivity index (χ0v) is 12.4. The highest BCUT2D eigenvalue weighted by atomic mass is 16.5. The predicted octanol–water partition coefficient (Wildman–Crippen LogP) is 1.84. The molecule has 0 heterocycles. The number of carbonyl (C=O) groups is 2. The Balaban J connectivity index is 1.77. The number of nitrogens with one attached hydrogen (secondary N) is 1. The first-order valence-corrected chi connectivity index (χ1v) is 7.22. The van der Waals surface area contributed by atoms with Crippen LogP contribution in [0.4, 0.5) is 0 Å². The summed E-state index contributed by atoms with van der Waals surface area (Å²) in [4.78, 5) is 23.5. The van der Waals surface area contributed by atoms with Crippen molar-refractivity contribution in [2.45, 2.75) is 44.8 Å². The normalized spacial score (nSPS) is 15.1. The highest BCUT2D eigenvalue weighted by molar-refractivity contribution is 5.83. The molecule has 5 nitrogen and oxygen atoms in total. The largest absolute Gasteiger partial charge is 0.496 e. The van der Waals surface area contributed by atoms with Gasteiger partial charge in [0, 0.05) is 12.5 Å². The van der Waals surface area contributed by atoms with Crippen LogP contribution in [0.3, 0.4) is 0 Å². The Hall–Kier alpha value is -2.04. The first-order valence-electron chi connectivity index (χ1n) is 7.22. The van der Waals surface area contributed by atoms with Gasteiger partial charge in [-0.15, -0.1) is 0 Å². The SMILES string of the molecule is COc1ccccc1CCC(=O)O[C@H](C)C(=O)NC1CC1. The molecule has 0 aromatic heterocycles. The molecule has 1 aliphatic rings. The summed E-state index contributed by atoms with van der Waals surface area (Å²) in [6.07, 6.45) is 2.04. The minimum absolute atomic E-state index is 0.219. The second kappa shape index (κ2) is 7.11. The highest BCUT2D eigenvalue weighted by Gasteiger charge is 2.27. The Bertz CT molecular complexity index is 511. The summed E-state index contributed by atoms with van der Waals surface area (Å²) < 4.78 is 10.4. The molecular weight excluding hydrogens is 270 g/mol. The second-order valence-corrected chi connectivity index (χ2v) is 5.23. The summed E-state index contributed by atoms with van der Waals surface area (Å²) >= 11 is 0. The van der Waals surface area contributed by atoms with Crippen LogP contribution in [0.5, 0.6) is 5.75 Å². The van der Waals surface area contributed by atoms with Crippen LogP contribution in [0.1, 0.15) is 31.7 Å². The third-order valence-corrected chi connectivity index (χ3v) is 3.39. The number of para-hydroxylation sites is 1. The summed E-state index contributed by atoms with van der Waals surface area (Å²) in [5.74, 6) is 0.160. The number of amides is 1. The summed E-state index contributed by atoms with van der Waals surface area (Å²) in [6.45, 7) is 1.60. The van der Waals surface area contributed by atoms with Crippen LogP contribution in [0.25, 0.3) is 0 Å². The molecule has 2 rings (SSSR count). The molecule has 0 bridgehead atoms. The number of rotatable bonds is 7. The molecule has 1 amide bonds. The van der Waals surface area contributed by atoms with Gasteiger partial charge in [-0.1, -0.05) is 18.2 Å². The molecule has 1 atom stereocenters. The van der Waals surface area contributed by atoms with Crippen LogP contribution in [0, 0.1) is 0 Å². The maximum atomic E-state index is 11.8. The molecule has 21 heavy (non-hydrogen) atoms. The van der Waals surface area contributed by atoms with Crippen LogP contribution in [-0.2, 0) is 20.7 Å². The number of methoxy groups -OCH3 is 1. The van der Waals surface area contributed by atoms with Gasteiger partial charge < -0.3 is 14.8 Å². The Labute approximate surface area is 124 Å². The van der Waals surface area contributed by atoms with Crippen molar-refractivity contribution < 1.29 is 19.1 Å². The van der Waals surface area contributed by atoms with Crippen LogP contribution < -0.4 is 10.1 Å². The molecule has 5 heteroatoms. The molecule has 0 spiro atoms. The fourth-order valence-corrected chi connectivity index (χ4v) is 2.00. The zero-order chi connectivity index (χ0) is 15.2. The summed E-state index contributed by atoms with van der Waals surface area (Å²) in [7, 11) is 1.60. The van der Waals surface area contributed by atoms with E-state index in [2.05, 4.69) is 5.32 Å². The number of hydrogen-bond donors (Lipinski definition) is 1. The van der Waals surface area contributed by atoms with Gasteiger partial charge in [0.2, 0.25) is 0 Å². The van der Waals surface area contributed by atoms with Crippen LogP contribution in [-0.4, -0.2) is 31.1 Å². The smallest absolute Gasteiger partial charge is 0.306 e. The summed E-state index contributed by atoms with van der Waals surface area (Å²) in [5.41, 5.74) is 0.951. The lowest BCUT2D eigenvalue weighted by Crippen LogP contribution is -2.37. The fraction of sp³-hybridized carbons (Fsp3) is 0.500. The average Bonchev–Trinajstić information content (AvgIpc) is 3.29. The predicted molar refractivity (Wildman–Crippen MR) is 78.0 cm³/mol. The van der Waals surface area contributed by atoms with Crippen LogP contribution >= 0.6 is 0 Å². The lowest BCUT2D eigenvalue weighted by molar-refractivity contribution is -0.154. The van der Waals surface area contributed by atoms with Crippen molar-refractivity contribution in [2.24, 2.45) is 0 Å². The average molecular weight is 291 g/mol. The van der Waals surface area contributed by atoms with E-state index < -0.39 is 6.10 Å². The minimum atomic E-state index is -0.740. The molecule has 1 fully saturated rings. The molecule has 0 saturated heterocycles. The number of aryl methyl sites for hydroxylation is 1. The van der Waals surface area contributed by atoms with E-state index in [0.717, 1.165) is 24.2 Å². The first-order chi connectivity index (χ1) is 10.1. The lowest BCUT2D eigenvalue weighted by atomic mass is 10.1. The summed E-state index contributed by atoms with van der Waals surface area (Å²) in [6, 6.07) is 7.81. The lowest BCUT2D eigenvalue weighted by Gasteiger charge is -2.13. The molecule has 0 unspecified atom stereocenters. The van der Waals surface area contributed by atoms with E-state index in [4.69, 9.17) is 9.47 Å². The van der Waals surface area contributed by atoms with E-state index in [-0.39, 0.29) is 24.3 Å². The van der Waals surface area contributed by atoms with Gasteiger partial charge in [-0.2, -0.15) is 0 Å². The van der Waals surface area contributed by atoms with Gasteiger partial charge in [-0.05, 0) is 37.8 Å². The molecule has 1 aromatic carbocycles. The maximum absolute atomic E-state index is 11.8. The zero-order valence-electron chi connectivity index (χ0n) is 12.4. The molecule has 1 aliphatic carbocycles. The Morgan fingerprint density at radius 2 is 2.05 bits per heavy atom. The van der Waals surface area contributed by atoms with Crippen LogP contribution in [0.15, 0.2) is 24.3 Å². The molecule has 1 saturated carbocycles. The van der Waals surface area contributed by atoms with E-state index in [0.29, 0.717) is 6.42 Å². The third-order valence-electron chi connectivity index (χ3n) is 3.39. The molecular formula is C16H21NO4. The van der Waals surface area contributed by atoms with Crippen molar-refractivity contribution in [3.63, 3.8) is 0 Å². The van der Waals surface area contributed by atoms with Gasteiger partial charge in [0.15, 0.2) is 6.10 Å². The maximum Gasteiger partial charge on any atom is 0.306 e. The van der Waals surface area contributed by atoms with Crippen molar-refractivity contribution in [2.75, 3.05) is 7.11 Å². The van der Waals surface area contributed by atoms with Crippen LogP contribution in [0.2, 0.25) is 0 Å². The Kier molecular flexibility index (Phi) is 5.20. The van der Waals surface area contributed by atoms with E-state index in [1.165, 1.54) is 0 Å². The molecule has 0 aliphatic heterocycles. The van der Waals surface area contributed by atoms with Crippen molar-refractivity contribution >= 4 is 11.9 Å². The number of esters is 1. The monoisotopic (exact) mass is 291 g/mol. The Morgan fingerprint density at radius 3 is 2.71 bits per heavy atom. The van der Waals surface area contributed by atoms with E-state index >= 15 is 0 Å². The minimum Gasteiger partial charge on any atom is -0.496 e. The first kappa shape index (κ1) is 15.4. The van der Waals surface area contributed by atoms with Gasteiger partial charge in [0.1, 0.15) is 5.75 Å². The number of hydrogen-bond acceptors (Lipinski definition) is 4.